The average Bonchev–Trinajstić information content (AvgIpc) is 2.61. The number of hydrogen-bond acceptors (Lipinski definition) is 4. The summed E-state index contributed by atoms with van der Waals surface area (Å²) in [5.41, 5.74) is 0.629. The summed E-state index contributed by atoms with van der Waals surface area (Å²) in [7, 11) is 1.60. The molecule has 0 spiro atoms. The third kappa shape index (κ3) is 4.96. The van der Waals surface area contributed by atoms with Crippen LogP contribution >= 0.6 is 0 Å². The second-order valence-electron chi connectivity index (χ2n) is 5.56. The maximum Gasteiger partial charge on any atom is 0.251 e. The quantitative estimate of drug-likeness (QED) is 0.849. The fraction of sp³-hybridized carbons (Fsp3) is 0.529. The van der Waals surface area contributed by atoms with Gasteiger partial charge in [0.1, 0.15) is 5.75 Å². The van der Waals surface area contributed by atoms with Gasteiger partial charge in [0.15, 0.2) is 0 Å². The lowest BCUT2D eigenvalue weighted by molar-refractivity contribution is -0.132. The van der Waals surface area contributed by atoms with E-state index in [0.29, 0.717) is 18.5 Å². The molecule has 1 aromatic rings. The van der Waals surface area contributed by atoms with Crippen molar-refractivity contribution in [1.29, 1.82) is 0 Å². The molecule has 1 aliphatic heterocycles. The highest BCUT2D eigenvalue weighted by atomic mass is 16.5. The molecule has 0 aromatic heterocycles. The van der Waals surface area contributed by atoms with Crippen LogP contribution in [0.2, 0.25) is 0 Å². The van der Waals surface area contributed by atoms with Gasteiger partial charge in [-0.3, -0.25) is 14.5 Å². The molecule has 1 saturated heterocycles. The SMILES string of the molecule is CCC(=O)N1CCN(CCNC(=O)c2ccc(OC)cc2)CC1. The normalized spacial score (nSPS) is 15.3. The van der Waals surface area contributed by atoms with Gasteiger partial charge in [-0.25, -0.2) is 0 Å². The Morgan fingerprint density at radius 2 is 1.78 bits per heavy atom. The summed E-state index contributed by atoms with van der Waals surface area (Å²) in [5.74, 6) is 0.881. The molecule has 126 valence electrons. The third-order valence-electron chi connectivity index (χ3n) is 4.09. The van der Waals surface area contributed by atoms with E-state index in [1.807, 2.05) is 11.8 Å². The van der Waals surface area contributed by atoms with Gasteiger partial charge in [-0.15, -0.1) is 0 Å². The third-order valence-corrected chi connectivity index (χ3v) is 4.09. The number of ether oxygens (including phenoxy) is 1. The minimum Gasteiger partial charge on any atom is -0.497 e. The van der Waals surface area contributed by atoms with Gasteiger partial charge in [0, 0.05) is 51.3 Å². The largest absolute Gasteiger partial charge is 0.497 e. The second-order valence-corrected chi connectivity index (χ2v) is 5.56. The Bertz CT molecular complexity index is 522. The maximum absolute atomic E-state index is 12.0. The highest BCUT2D eigenvalue weighted by Gasteiger charge is 2.19. The molecule has 1 heterocycles. The molecule has 0 aliphatic carbocycles. The number of carbonyl (C=O) groups excluding carboxylic acids is 2. The van der Waals surface area contributed by atoms with E-state index in [9.17, 15) is 9.59 Å². The zero-order valence-corrected chi connectivity index (χ0v) is 13.9. The van der Waals surface area contributed by atoms with Crippen molar-refractivity contribution in [3.05, 3.63) is 29.8 Å². The van der Waals surface area contributed by atoms with Crippen LogP contribution in [0.3, 0.4) is 0 Å². The summed E-state index contributed by atoms with van der Waals surface area (Å²) >= 11 is 0. The number of nitrogens with one attached hydrogen (secondary N) is 1. The molecule has 0 bridgehead atoms. The first kappa shape index (κ1) is 17.3. The summed E-state index contributed by atoms with van der Waals surface area (Å²) in [4.78, 5) is 27.8. The number of methoxy groups -OCH3 is 1. The van der Waals surface area contributed by atoms with Crippen LogP contribution in [0, 0.1) is 0 Å². The van der Waals surface area contributed by atoms with Gasteiger partial charge in [-0.05, 0) is 24.3 Å². The van der Waals surface area contributed by atoms with Crippen molar-refractivity contribution >= 4 is 11.8 Å². The Labute approximate surface area is 137 Å². The van der Waals surface area contributed by atoms with Crippen LogP contribution in [-0.2, 0) is 4.79 Å². The number of nitrogens with zero attached hydrogens (tertiary/aromatic N) is 2. The summed E-state index contributed by atoms with van der Waals surface area (Å²) in [6.07, 6.45) is 0.567. The molecule has 0 atom stereocenters. The van der Waals surface area contributed by atoms with E-state index < -0.39 is 0 Å². The van der Waals surface area contributed by atoms with Gasteiger partial charge < -0.3 is 15.0 Å². The van der Waals surface area contributed by atoms with Crippen LogP contribution in [0.1, 0.15) is 23.7 Å². The summed E-state index contributed by atoms with van der Waals surface area (Å²) in [5, 5.41) is 2.93. The number of rotatable bonds is 6. The van der Waals surface area contributed by atoms with Crippen LogP contribution < -0.4 is 10.1 Å². The number of amides is 2. The van der Waals surface area contributed by atoms with Crippen molar-refractivity contribution in [1.82, 2.24) is 15.1 Å². The molecule has 23 heavy (non-hydrogen) atoms. The highest BCUT2D eigenvalue weighted by molar-refractivity contribution is 5.94. The first-order chi connectivity index (χ1) is 11.1. The minimum absolute atomic E-state index is 0.0764. The number of hydrogen-bond donors (Lipinski definition) is 1. The number of benzene rings is 1. The van der Waals surface area contributed by atoms with Gasteiger partial charge in [0.25, 0.3) is 5.91 Å². The second kappa shape index (κ2) is 8.53. The lowest BCUT2D eigenvalue weighted by Crippen LogP contribution is -2.50. The molecule has 2 rings (SSSR count). The monoisotopic (exact) mass is 319 g/mol. The topological polar surface area (TPSA) is 61.9 Å². The smallest absolute Gasteiger partial charge is 0.251 e. The molecule has 0 saturated carbocycles. The highest BCUT2D eigenvalue weighted by Crippen LogP contribution is 2.11. The molecule has 1 aromatic carbocycles. The Balaban J connectivity index is 1.69. The molecule has 1 aliphatic rings. The Morgan fingerprint density at radius 3 is 2.35 bits per heavy atom. The minimum atomic E-state index is -0.0764. The molecule has 0 radical (unpaired) electrons. The van der Waals surface area contributed by atoms with E-state index in [1.165, 1.54) is 0 Å². The molecule has 6 heteroatoms. The molecule has 2 amide bonds. The molecule has 6 nitrogen and oxygen atoms in total. The summed E-state index contributed by atoms with van der Waals surface area (Å²) < 4.78 is 5.08. The van der Waals surface area contributed by atoms with Gasteiger partial charge in [-0.2, -0.15) is 0 Å². The van der Waals surface area contributed by atoms with Crippen LogP contribution in [0.15, 0.2) is 24.3 Å². The van der Waals surface area contributed by atoms with Gasteiger partial charge in [0.2, 0.25) is 5.91 Å². The van der Waals surface area contributed by atoms with Crippen molar-refractivity contribution in [2.75, 3.05) is 46.4 Å². The van der Waals surface area contributed by atoms with Crippen LogP contribution in [0.4, 0.5) is 0 Å². The Hall–Kier alpha value is -2.08. The molecule has 0 unspecified atom stereocenters. The average molecular weight is 319 g/mol. The van der Waals surface area contributed by atoms with Crippen molar-refractivity contribution in [3.8, 4) is 5.75 Å². The zero-order chi connectivity index (χ0) is 16.7. The van der Waals surface area contributed by atoms with Gasteiger partial charge >= 0.3 is 0 Å². The fourth-order valence-electron chi connectivity index (χ4n) is 2.62. The number of piperazine rings is 1. The zero-order valence-electron chi connectivity index (χ0n) is 13.9. The van der Waals surface area contributed by atoms with E-state index >= 15 is 0 Å². The Kier molecular flexibility index (Phi) is 6.40. The number of carbonyl (C=O) groups is 2. The van der Waals surface area contributed by atoms with E-state index in [1.54, 1.807) is 31.4 Å². The van der Waals surface area contributed by atoms with Crippen molar-refractivity contribution in [2.45, 2.75) is 13.3 Å². The fourth-order valence-corrected chi connectivity index (χ4v) is 2.62. The predicted molar refractivity (Wildman–Crippen MR) is 88.6 cm³/mol. The Morgan fingerprint density at radius 1 is 1.13 bits per heavy atom. The predicted octanol–water partition coefficient (Wildman–Crippen LogP) is 0.979. The van der Waals surface area contributed by atoms with E-state index in [0.717, 1.165) is 38.5 Å². The lowest BCUT2D eigenvalue weighted by Gasteiger charge is -2.34. The van der Waals surface area contributed by atoms with Gasteiger partial charge in [-0.1, -0.05) is 6.92 Å². The van der Waals surface area contributed by atoms with E-state index in [4.69, 9.17) is 4.74 Å². The van der Waals surface area contributed by atoms with Crippen molar-refractivity contribution in [2.24, 2.45) is 0 Å². The van der Waals surface area contributed by atoms with Crippen molar-refractivity contribution < 1.29 is 14.3 Å². The lowest BCUT2D eigenvalue weighted by atomic mass is 10.2. The van der Waals surface area contributed by atoms with E-state index in [2.05, 4.69) is 10.2 Å². The van der Waals surface area contributed by atoms with Crippen LogP contribution in [0.5, 0.6) is 5.75 Å². The molecule has 1 fully saturated rings. The summed E-state index contributed by atoms with van der Waals surface area (Å²) in [6, 6.07) is 7.06. The molecule has 1 N–H and O–H groups in total. The first-order valence-corrected chi connectivity index (χ1v) is 8.06. The maximum atomic E-state index is 12.0. The van der Waals surface area contributed by atoms with Gasteiger partial charge in [0.05, 0.1) is 7.11 Å². The van der Waals surface area contributed by atoms with Crippen LogP contribution in [0.25, 0.3) is 0 Å². The van der Waals surface area contributed by atoms with Crippen LogP contribution in [-0.4, -0.2) is 68.0 Å². The van der Waals surface area contributed by atoms with Crippen molar-refractivity contribution in [3.63, 3.8) is 0 Å². The van der Waals surface area contributed by atoms with E-state index in [-0.39, 0.29) is 11.8 Å². The molecular formula is C17H25N3O3. The standard InChI is InChI=1S/C17H25N3O3/c1-3-16(21)20-12-10-19(11-13-20)9-8-18-17(22)14-4-6-15(23-2)7-5-14/h4-7H,3,8-13H2,1-2H3,(H,18,22). The first-order valence-electron chi connectivity index (χ1n) is 8.06. The molecular weight excluding hydrogens is 294 g/mol. The summed E-state index contributed by atoms with van der Waals surface area (Å²) in [6.45, 7) is 6.58.